The van der Waals surface area contributed by atoms with E-state index in [4.69, 9.17) is 0 Å². The van der Waals surface area contributed by atoms with Gasteiger partial charge in [-0.25, -0.2) is 4.68 Å². The van der Waals surface area contributed by atoms with Crippen LogP contribution < -0.4 is 5.43 Å². The number of carbonyl (C=O) groups excluding carboxylic acids is 1. The van der Waals surface area contributed by atoms with Crippen molar-refractivity contribution in [3.05, 3.63) is 57.5 Å². The van der Waals surface area contributed by atoms with Gasteiger partial charge in [-0.15, -0.1) is 0 Å². The molecule has 0 bridgehead atoms. The summed E-state index contributed by atoms with van der Waals surface area (Å²) in [5.74, 6) is -0.615. The molecule has 2 aromatic rings. The van der Waals surface area contributed by atoms with Crippen LogP contribution in [0.5, 0.6) is 0 Å². The summed E-state index contributed by atoms with van der Waals surface area (Å²) < 4.78 is 39.6. The van der Waals surface area contributed by atoms with E-state index in [1.807, 2.05) is 0 Å². The van der Waals surface area contributed by atoms with Crippen LogP contribution in [0.2, 0.25) is 0 Å². The van der Waals surface area contributed by atoms with Gasteiger partial charge in [0, 0.05) is 25.9 Å². The van der Waals surface area contributed by atoms with Crippen LogP contribution in [0, 0.1) is 6.92 Å². The molecule has 0 saturated carbocycles. The van der Waals surface area contributed by atoms with Gasteiger partial charge in [0.2, 0.25) is 5.43 Å². The number of nitrogens with zero attached hydrogens (tertiary/aromatic N) is 3. The second-order valence-corrected chi connectivity index (χ2v) is 5.16. The molecule has 1 amide bonds. The lowest BCUT2D eigenvalue weighted by Gasteiger charge is -2.15. The highest BCUT2D eigenvalue weighted by Gasteiger charge is 2.30. The maximum absolute atomic E-state index is 12.8. The molecule has 0 spiro atoms. The highest BCUT2D eigenvalue weighted by atomic mass is 19.4. The molecule has 0 aliphatic heterocycles. The molecular weight excluding hydrogens is 311 g/mol. The minimum Gasteiger partial charge on any atom is -0.343 e. The SMILES string of the molecule is Cc1cc(=O)c(C(=O)N(C)C)nn1-c1cccc(C(F)(F)F)c1. The van der Waals surface area contributed by atoms with Crippen molar-refractivity contribution in [3.63, 3.8) is 0 Å². The van der Waals surface area contributed by atoms with Crippen LogP contribution in [-0.2, 0) is 6.18 Å². The number of hydrogen-bond donors (Lipinski definition) is 0. The van der Waals surface area contributed by atoms with E-state index >= 15 is 0 Å². The van der Waals surface area contributed by atoms with Crippen molar-refractivity contribution >= 4 is 5.91 Å². The number of aromatic nitrogens is 2. The number of alkyl halides is 3. The third-order valence-electron chi connectivity index (χ3n) is 3.13. The Bertz CT molecular complexity index is 810. The first-order chi connectivity index (χ1) is 10.6. The largest absolute Gasteiger partial charge is 0.416 e. The van der Waals surface area contributed by atoms with E-state index in [2.05, 4.69) is 5.10 Å². The molecule has 0 atom stereocenters. The molecule has 0 radical (unpaired) electrons. The Morgan fingerprint density at radius 3 is 2.43 bits per heavy atom. The summed E-state index contributed by atoms with van der Waals surface area (Å²) in [6, 6.07) is 5.68. The number of aryl methyl sites for hydroxylation is 1. The average Bonchev–Trinajstić information content (AvgIpc) is 2.46. The summed E-state index contributed by atoms with van der Waals surface area (Å²) in [6.07, 6.45) is -4.49. The predicted octanol–water partition coefficient (Wildman–Crippen LogP) is 2.26. The minimum absolute atomic E-state index is 0.116. The Labute approximate surface area is 130 Å². The Hall–Kier alpha value is -2.64. The molecule has 0 fully saturated rings. The van der Waals surface area contributed by atoms with E-state index in [9.17, 15) is 22.8 Å². The van der Waals surface area contributed by atoms with E-state index in [1.165, 1.54) is 44.1 Å². The van der Waals surface area contributed by atoms with Crippen LogP contribution in [-0.4, -0.2) is 34.7 Å². The smallest absolute Gasteiger partial charge is 0.343 e. The first kappa shape index (κ1) is 16.7. The standard InChI is InChI=1S/C15H14F3N3O2/c1-9-7-12(22)13(14(23)20(2)3)19-21(9)11-6-4-5-10(8-11)15(16,17)18/h4-8H,1-3H3. The van der Waals surface area contributed by atoms with Crippen LogP contribution in [0.1, 0.15) is 21.7 Å². The summed E-state index contributed by atoms with van der Waals surface area (Å²) in [4.78, 5) is 25.0. The molecule has 0 saturated heterocycles. The summed E-state index contributed by atoms with van der Waals surface area (Å²) >= 11 is 0. The van der Waals surface area contributed by atoms with Crippen LogP contribution in [0.4, 0.5) is 13.2 Å². The number of halogens is 3. The van der Waals surface area contributed by atoms with Gasteiger partial charge in [-0.1, -0.05) is 6.07 Å². The molecule has 23 heavy (non-hydrogen) atoms. The number of hydrogen-bond acceptors (Lipinski definition) is 3. The average molecular weight is 325 g/mol. The highest BCUT2D eigenvalue weighted by molar-refractivity contribution is 5.91. The van der Waals surface area contributed by atoms with Gasteiger partial charge in [0.15, 0.2) is 5.69 Å². The molecule has 1 heterocycles. The fraction of sp³-hybridized carbons (Fsp3) is 0.267. The molecule has 0 aliphatic carbocycles. The van der Waals surface area contributed by atoms with Crippen molar-refractivity contribution in [3.8, 4) is 5.69 Å². The Morgan fingerprint density at radius 2 is 1.87 bits per heavy atom. The van der Waals surface area contributed by atoms with Gasteiger partial charge in [0.1, 0.15) is 0 Å². The second kappa shape index (κ2) is 5.86. The maximum Gasteiger partial charge on any atom is 0.416 e. The molecule has 0 unspecified atom stereocenters. The summed E-state index contributed by atoms with van der Waals surface area (Å²) in [5, 5.41) is 3.93. The molecule has 0 N–H and O–H groups in total. The van der Waals surface area contributed by atoms with Crippen LogP contribution >= 0.6 is 0 Å². The van der Waals surface area contributed by atoms with Crippen LogP contribution in [0.15, 0.2) is 35.1 Å². The normalized spacial score (nSPS) is 11.4. The van der Waals surface area contributed by atoms with E-state index in [-0.39, 0.29) is 11.4 Å². The lowest BCUT2D eigenvalue weighted by Crippen LogP contribution is -2.31. The molecule has 122 valence electrons. The summed E-state index contributed by atoms with van der Waals surface area (Å²) in [6.45, 7) is 1.53. The summed E-state index contributed by atoms with van der Waals surface area (Å²) in [5.41, 5.74) is -1.33. The van der Waals surface area contributed by atoms with Crippen molar-refractivity contribution in [1.29, 1.82) is 0 Å². The third kappa shape index (κ3) is 3.41. The van der Waals surface area contributed by atoms with Crippen molar-refractivity contribution < 1.29 is 18.0 Å². The summed E-state index contributed by atoms with van der Waals surface area (Å²) in [7, 11) is 2.91. The van der Waals surface area contributed by atoms with Crippen LogP contribution in [0.3, 0.4) is 0 Å². The monoisotopic (exact) mass is 325 g/mol. The third-order valence-corrected chi connectivity index (χ3v) is 3.13. The Morgan fingerprint density at radius 1 is 1.22 bits per heavy atom. The maximum atomic E-state index is 12.8. The fourth-order valence-electron chi connectivity index (χ4n) is 1.98. The molecule has 0 aliphatic rings. The zero-order valence-electron chi connectivity index (χ0n) is 12.7. The lowest BCUT2D eigenvalue weighted by molar-refractivity contribution is -0.137. The fourth-order valence-corrected chi connectivity index (χ4v) is 1.98. The zero-order valence-corrected chi connectivity index (χ0v) is 12.7. The Balaban J connectivity index is 2.63. The van der Waals surface area contributed by atoms with Crippen molar-refractivity contribution in [2.45, 2.75) is 13.1 Å². The topological polar surface area (TPSA) is 55.2 Å². The first-order valence-electron chi connectivity index (χ1n) is 6.61. The van der Waals surface area contributed by atoms with E-state index in [0.29, 0.717) is 5.69 Å². The molecule has 8 heteroatoms. The van der Waals surface area contributed by atoms with Gasteiger partial charge < -0.3 is 4.90 Å². The molecular formula is C15H14F3N3O2. The van der Waals surface area contributed by atoms with E-state index < -0.39 is 23.1 Å². The van der Waals surface area contributed by atoms with Crippen molar-refractivity contribution in [2.24, 2.45) is 0 Å². The van der Waals surface area contributed by atoms with Gasteiger partial charge in [-0.05, 0) is 25.1 Å². The van der Waals surface area contributed by atoms with Crippen molar-refractivity contribution in [1.82, 2.24) is 14.7 Å². The van der Waals surface area contributed by atoms with E-state index in [1.54, 1.807) is 0 Å². The van der Waals surface area contributed by atoms with Gasteiger partial charge in [-0.3, -0.25) is 9.59 Å². The van der Waals surface area contributed by atoms with Crippen molar-refractivity contribution in [2.75, 3.05) is 14.1 Å². The van der Waals surface area contributed by atoms with Crippen LogP contribution in [0.25, 0.3) is 5.69 Å². The zero-order chi connectivity index (χ0) is 17.4. The molecule has 5 nitrogen and oxygen atoms in total. The first-order valence-corrected chi connectivity index (χ1v) is 6.61. The lowest BCUT2D eigenvalue weighted by atomic mass is 10.2. The quantitative estimate of drug-likeness (QED) is 0.851. The van der Waals surface area contributed by atoms with Gasteiger partial charge >= 0.3 is 6.18 Å². The number of rotatable bonds is 2. The number of carbonyl (C=O) groups is 1. The number of benzene rings is 1. The van der Waals surface area contributed by atoms with Gasteiger partial charge in [-0.2, -0.15) is 18.3 Å². The molecule has 2 rings (SSSR count). The minimum atomic E-state index is -4.49. The number of amides is 1. The highest BCUT2D eigenvalue weighted by Crippen LogP contribution is 2.30. The second-order valence-electron chi connectivity index (χ2n) is 5.16. The van der Waals surface area contributed by atoms with Gasteiger partial charge in [0.05, 0.1) is 11.3 Å². The Kier molecular flexibility index (Phi) is 4.26. The van der Waals surface area contributed by atoms with Gasteiger partial charge in [0.25, 0.3) is 5.91 Å². The molecule has 1 aromatic heterocycles. The molecule has 1 aromatic carbocycles. The predicted molar refractivity (Wildman–Crippen MR) is 77.6 cm³/mol. The van der Waals surface area contributed by atoms with E-state index in [0.717, 1.165) is 16.8 Å².